The highest BCUT2D eigenvalue weighted by Crippen LogP contribution is 2.69. The lowest BCUT2D eigenvalue weighted by atomic mass is 9.49. The fourth-order valence-corrected chi connectivity index (χ4v) is 14.1. The van der Waals surface area contributed by atoms with Gasteiger partial charge in [0.05, 0.1) is 10.8 Å². The Labute approximate surface area is 298 Å². The maximum atomic E-state index is 14.2. The van der Waals surface area contributed by atoms with Crippen molar-refractivity contribution in [2.45, 2.75) is 112 Å². The van der Waals surface area contributed by atoms with Crippen LogP contribution in [0.25, 0.3) is 0 Å². The third-order valence-electron chi connectivity index (χ3n) is 15.5. The lowest BCUT2D eigenvalue weighted by Gasteiger charge is -2.54. The molecule has 1 N–H and O–H groups in total. The number of ether oxygens (including phenoxy) is 5. The number of Topliss-reactive ketones (excluding diaryl/α,β-unsaturated/α-hetero) is 2. The molecule has 0 aromatic rings. The van der Waals surface area contributed by atoms with Crippen LogP contribution in [-0.4, -0.2) is 84.5 Å². The number of hydrogen-bond donors (Lipinski definition) is 1. The van der Waals surface area contributed by atoms with Gasteiger partial charge in [0, 0.05) is 35.5 Å². The van der Waals surface area contributed by atoms with Gasteiger partial charge in [0.1, 0.15) is 42.6 Å². The van der Waals surface area contributed by atoms with Crippen LogP contribution in [0.1, 0.15) is 83.5 Å². The van der Waals surface area contributed by atoms with Gasteiger partial charge in [-0.05, 0) is 101 Å². The summed E-state index contributed by atoms with van der Waals surface area (Å²) in [5.41, 5.74) is -2.98. The zero-order valence-corrected chi connectivity index (χ0v) is 29.3. The van der Waals surface area contributed by atoms with Crippen LogP contribution in [0.2, 0.25) is 0 Å². The Hall–Kier alpha value is -2.56. The molecule has 13 atom stereocenters. The number of carbonyl (C=O) groups is 5. The normalized spacial score (nSPS) is 50.2. The van der Waals surface area contributed by atoms with E-state index in [0.717, 1.165) is 19.3 Å². The highest BCUT2D eigenvalue weighted by Gasteiger charge is 2.75. The van der Waals surface area contributed by atoms with Gasteiger partial charge in [0.15, 0.2) is 5.79 Å². The molecule has 13 aliphatic rings. The third kappa shape index (κ3) is 4.46. The molecule has 0 aromatic heterocycles. The van der Waals surface area contributed by atoms with Crippen molar-refractivity contribution in [3.63, 3.8) is 0 Å². The maximum Gasteiger partial charge on any atom is 0.465 e. The minimum absolute atomic E-state index is 0.0310. The summed E-state index contributed by atoms with van der Waals surface area (Å²) in [6.07, 6.45) is 4.87. The van der Waals surface area contributed by atoms with Gasteiger partial charge >= 0.3 is 33.3 Å². The zero-order chi connectivity index (χ0) is 36.4. The summed E-state index contributed by atoms with van der Waals surface area (Å²) in [6.45, 7) is -0.433. The first-order valence-corrected chi connectivity index (χ1v) is 20.3. The number of ketones is 2. The molecule has 12 aliphatic carbocycles. The number of carbonyl (C=O) groups excluding carboxylic acids is 5. The number of hydrogen-bond acceptors (Lipinski definition) is 12. The number of esters is 3. The van der Waals surface area contributed by atoms with E-state index < -0.39 is 73.6 Å². The molecule has 12 bridgehead atoms. The van der Waals surface area contributed by atoms with Crippen LogP contribution in [0.5, 0.6) is 0 Å². The Balaban J connectivity index is 0.878. The second-order valence-electron chi connectivity index (χ2n) is 18.3. The minimum atomic E-state index is -6.05. The molecule has 16 heteroatoms. The first-order valence-electron chi connectivity index (χ1n) is 18.8. The molecule has 13 rings (SSSR count). The van der Waals surface area contributed by atoms with E-state index in [1.807, 2.05) is 0 Å². The molecule has 12 saturated carbocycles. The van der Waals surface area contributed by atoms with E-state index in [1.54, 1.807) is 0 Å². The summed E-state index contributed by atoms with van der Waals surface area (Å²) < 4.78 is 90.5. The van der Waals surface area contributed by atoms with E-state index in [4.69, 9.17) is 28.2 Å². The van der Waals surface area contributed by atoms with E-state index in [1.165, 1.54) is 0 Å². The molecule has 52 heavy (non-hydrogen) atoms. The average Bonchev–Trinajstić information content (AvgIpc) is 3.77. The van der Waals surface area contributed by atoms with Crippen molar-refractivity contribution in [3.05, 3.63) is 0 Å². The summed E-state index contributed by atoms with van der Waals surface area (Å²) in [7, 11) is -6.05. The average molecular weight is 753 g/mol. The van der Waals surface area contributed by atoms with Crippen LogP contribution in [0.15, 0.2) is 0 Å². The standard InChI is InChI=1S/C36H42F2O13S/c37-36(38,52(44,45)46)31(43)51-33-10-18-5-22(12-33)35(24(18)13-33)49-25(14-47-29(41)32-6-16-1-19(8-32)27(39)20(2-16)9-32)26(50-35)15-48-30(42)34-7-17-3-21(11-34)28(40)23(34)4-17/h16-26H,1-15H2,(H,44,45,46). The number of rotatable bonds is 9. The first-order chi connectivity index (χ1) is 24.5. The summed E-state index contributed by atoms with van der Waals surface area (Å²) in [4.78, 5) is 65.7. The van der Waals surface area contributed by atoms with Crippen LogP contribution in [0.3, 0.4) is 0 Å². The second-order valence-corrected chi connectivity index (χ2v) is 19.7. The summed E-state index contributed by atoms with van der Waals surface area (Å²) in [5.74, 6) is -5.26. The molecule has 13 nitrogen and oxygen atoms in total. The predicted octanol–water partition coefficient (Wildman–Crippen LogP) is 3.17. The van der Waals surface area contributed by atoms with E-state index in [0.29, 0.717) is 56.8 Å². The van der Waals surface area contributed by atoms with Crippen molar-refractivity contribution >= 4 is 39.6 Å². The molecule has 1 spiro atoms. The van der Waals surface area contributed by atoms with Gasteiger partial charge in [-0.15, -0.1) is 0 Å². The second kappa shape index (κ2) is 10.6. The monoisotopic (exact) mass is 752 g/mol. The molecular formula is C36H42F2O13S. The molecule has 0 radical (unpaired) electrons. The Bertz CT molecular complexity index is 1780. The van der Waals surface area contributed by atoms with Gasteiger partial charge in [0.25, 0.3) is 0 Å². The van der Waals surface area contributed by atoms with Crippen molar-refractivity contribution in [2.75, 3.05) is 13.2 Å². The number of alkyl halides is 2. The van der Waals surface area contributed by atoms with E-state index >= 15 is 0 Å². The minimum Gasteiger partial charge on any atom is -0.462 e. The summed E-state index contributed by atoms with van der Waals surface area (Å²) in [5, 5.41) is -5.13. The Morgan fingerprint density at radius 3 is 2.02 bits per heavy atom. The van der Waals surface area contributed by atoms with Crippen LogP contribution in [-0.2, 0) is 57.8 Å². The van der Waals surface area contributed by atoms with Gasteiger partial charge in [-0.3, -0.25) is 23.7 Å². The predicted molar refractivity (Wildman–Crippen MR) is 166 cm³/mol. The summed E-state index contributed by atoms with van der Waals surface area (Å²) in [6, 6.07) is 0. The van der Waals surface area contributed by atoms with Crippen molar-refractivity contribution < 1.29 is 69.4 Å². The lowest BCUT2D eigenvalue weighted by molar-refractivity contribution is -0.259. The molecular weight excluding hydrogens is 710 g/mol. The molecule has 0 amide bonds. The van der Waals surface area contributed by atoms with Gasteiger partial charge in [-0.25, -0.2) is 4.79 Å². The largest absolute Gasteiger partial charge is 0.465 e. The quantitative estimate of drug-likeness (QED) is 0.206. The molecule has 1 saturated heterocycles. The van der Waals surface area contributed by atoms with Gasteiger partial charge < -0.3 is 23.7 Å². The topological polar surface area (TPSA) is 186 Å². The Morgan fingerprint density at radius 2 is 1.38 bits per heavy atom. The summed E-state index contributed by atoms with van der Waals surface area (Å²) >= 11 is 0. The molecule has 1 heterocycles. The van der Waals surface area contributed by atoms with E-state index in [9.17, 15) is 41.2 Å². The maximum absolute atomic E-state index is 14.2. The van der Waals surface area contributed by atoms with E-state index in [2.05, 4.69) is 0 Å². The fourth-order valence-electron chi connectivity index (χ4n) is 13.9. The van der Waals surface area contributed by atoms with Crippen LogP contribution in [0, 0.1) is 64.1 Å². The van der Waals surface area contributed by atoms with Crippen LogP contribution in [0.4, 0.5) is 8.78 Å². The van der Waals surface area contributed by atoms with Gasteiger partial charge in [-0.2, -0.15) is 17.2 Å². The zero-order valence-electron chi connectivity index (χ0n) is 28.5. The van der Waals surface area contributed by atoms with Crippen molar-refractivity contribution in [1.29, 1.82) is 0 Å². The van der Waals surface area contributed by atoms with Gasteiger partial charge in [-0.1, -0.05) is 0 Å². The van der Waals surface area contributed by atoms with Crippen LogP contribution >= 0.6 is 0 Å². The SMILES string of the molecule is O=C1C2CC3CC1CC(C(=O)OCC1OC4(OC1COC(=O)C15CC6CC(C1)C(=O)C5C6)C1CC5CC(OC(=O)C(F)(F)S(=O)(=O)O)(C1)CC54)(C3)C2. The molecule has 0 aromatic carbocycles. The van der Waals surface area contributed by atoms with Crippen molar-refractivity contribution in [2.24, 2.45) is 64.1 Å². The molecule has 1 aliphatic heterocycles. The fraction of sp³-hybridized carbons (Fsp3) is 0.861. The van der Waals surface area contributed by atoms with Gasteiger partial charge in [0.2, 0.25) is 0 Å². The highest BCUT2D eigenvalue weighted by molar-refractivity contribution is 7.87. The smallest absolute Gasteiger partial charge is 0.462 e. The highest BCUT2D eigenvalue weighted by atomic mass is 32.2. The lowest BCUT2D eigenvalue weighted by Crippen LogP contribution is -2.55. The molecule has 284 valence electrons. The Kier molecular flexibility index (Phi) is 6.92. The van der Waals surface area contributed by atoms with E-state index in [-0.39, 0.29) is 79.6 Å². The molecule has 13 fully saturated rings. The Morgan fingerprint density at radius 1 is 0.769 bits per heavy atom. The van der Waals surface area contributed by atoms with Crippen molar-refractivity contribution in [3.8, 4) is 0 Å². The van der Waals surface area contributed by atoms with Crippen LogP contribution < -0.4 is 0 Å². The first kappa shape index (κ1) is 34.0. The third-order valence-corrected chi connectivity index (χ3v) is 16.3. The number of halogens is 2. The molecule has 13 unspecified atom stereocenters. The van der Waals surface area contributed by atoms with Crippen molar-refractivity contribution in [1.82, 2.24) is 0 Å².